The molecular formula is C23H27FN4O2. The van der Waals surface area contributed by atoms with Crippen LogP contribution < -0.4 is 0 Å². The molecule has 1 aliphatic heterocycles. The molecule has 1 aliphatic rings. The zero-order valence-corrected chi connectivity index (χ0v) is 17.5. The molecule has 2 aromatic heterocycles. The van der Waals surface area contributed by atoms with Crippen LogP contribution in [0.15, 0.2) is 36.5 Å². The van der Waals surface area contributed by atoms with E-state index in [4.69, 9.17) is 9.72 Å². The fourth-order valence-electron chi connectivity index (χ4n) is 4.23. The van der Waals surface area contributed by atoms with Crippen LogP contribution in [0, 0.1) is 5.82 Å². The lowest BCUT2D eigenvalue weighted by Crippen LogP contribution is -2.35. The number of aryl methyl sites for hydroxylation is 1. The molecule has 0 saturated heterocycles. The summed E-state index contributed by atoms with van der Waals surface area (Å²) >= 11 is 0. The number of imidazole rings is 1. The molecule has 7 heteroatoms. The smallest absolute Gasteiger partial charge is 0.222 e. The number of pyridine rings is 1. The third kappa shape index (κ3) is 4.21. The van der Waals surface area contributed by atoms with Crippen molar-refractivity contribution in [1.82, 2.24) is 19.4 Å². The number of carbonyl (C=O) groups excluding carboxylic acids is 1. The number of rotatable bonds is 7. The van der Waals surface area contributed by atoms with E-state index in [-0.39, 0.29) is 17.8 Å². The van der Waals surface area contributed by atoms with E-state index in [2.05, 4.69) is 16.5 Å². The molecule has 0 bridgehead atoms. The molecule has 4 rings (SSSR count). The first-order valence-electron chi connectivity index (χ1n) is 10.4. The molecule has 1 aromatic carbocycles. The fourth-order valence-corrected chi connectivity index (χ4v) is 4.23. The summed E-state index contributed by atoms with van der Waals surface area (Å²) in [6, 6.07) is 8.80. The minimum Gasteiger partial charge on any atom is -0.383 e. The predicted octanol–water partition coefficient (Wildman–Crippen LogP) is 3.69. The van der Waals surface area contributed by atoms with E-state index in [0.29, 0.717) is 39.0 Å². The summed E-state index contributed by atoms with van der Waals surface area (Å²) in [6.07, 6.45) is 4.38. The molecule has 1 amide bonds. The number of aromatic nitrogens is 3. The number of methoxy groups -OCH3 is 1. The van der Waals surface area contributed by atoms with E-state index in [1.165, 1.54) is 6.07 Å². The first kappa shape index (κ1) is 20.5. The van der Waals surface area contributed by atoms with Crippen LogP contribution in [0.5, 0.6) is 0 Å². The summed E-state index contributed by atoms with van der Waals surface area (Å²) in [5, 5.41) is 0. The van der Waals surface area contributed by atoms with Crippen LogP contribution in [0.3, 0.4) is 0 Å². The van der Waals surface area contributed by atoms with E-state index in [0.717, 1.165) is 34.5 Å². The molecule has 3 heterocycles. The number of ether oxygens (including phenoxy) is 1. The largest absolute Gasteiger partial charge is 0.383 e. The highest BCUT2D eigenvalue weighted by molar-refractivity contribution is 5.76. The van der Waals surface area contributed by atoms with Crippen molar-refractivity contribution < 1.29 is 13.9 Å². The van der Waals surface area contributed by atoms with Crippen molar-refractivity contribution >= 4 is 17.1 Å². The molecule has 0 saturated carbocycles. The third-order valence-corrected chi connectivity index (χ3v) is 5.69. The molecule has 158 valence electrons. The van der Waals surface area contributed by atoms with E-state index in [1.54, 1.807) is 19.4 Å². The van der Waals surface area contributed by atoms with Crippen molar-refractivity contribution in [2.45, 2.75) is 45.2 Å². The van der Waals surface area contributed by atoms with Gasteiger partial charge in [0.15, 0.2) is 5.65 Å². The van der Waals surface area contributed by atoms with Gasteiger partial charge in [-0.25, -0.2) is 14.4 Å². The summed E-state index contributed by atoms with van der Waals surface area (Å²) in [7, 11) is 1.68. The number of amides is 1. The molecule has 0 fully saturated rings. The Bertz CT molecular complexity index is 1050. The molecular weight excluding hydrogens is 383 g/mol. The van der Waals surface area contributed by atoms with Crippen LogP contribution in [0.25, 0.3) is 11.2 Å². The Morgan fingerprint density at radius 2 is 2.17 bits per heavy atom. The van der Waals surface area contributed by atoms with Crippen LogP contribution in [-0.4, -0.2) is 45.6 Å². The SMILES string of the molecule is COC[C@H](C)n1c(CCCC(=O)N2CCc3ccc(F)cc3C2)nc2cccnc21. The summed E-state index contributed by atoms with van der Waals surface area (Å²) in [5.74, 6) is 0.781. The molecule has 1 atom stereocenters. The Labute approximate surface area is 175 Å². The van der Waals surface area contributed by atoms with Crippen molar-refractivity contribution in [2.75, 3.05) is 20.3 Å². The Morgan fingerprint density at radius 1 is 1.30 bits per heavy atom. The van der Waals surface area contributed by atoms with Crippen molar-refractivity contribution in [1.29, 1.82) is 0 Å². The van der Waals surface area contributed by atoms with Gasteiger partial charge < -0.3 is 14.2 Å². The zero-order chi connectivity index (χ0) is 21.1. The lowest BCUT2D eigenvalue weighted by atomic mass is 9.99. The van der Waals surface area contributed by atoms with Crippen molar-refractivity contribution in [3.05, 3.63) is 59.3 Å². The standard InChI is InChI=1S/C23H27FN4O2/c1-16(15-30-2)28-21(26-20-5-4-11-25-23(20)28)6-3-7-22(29)27-12-10-17-8-9-19(24)13-18(17)14-27/h4-5,8-9,11,13,16H,3,6-7,10,12,14-15H2,1-2H3/t16-/m0/s1. The van der Waals surface area contributed by atoms with Crippen LogP contribution in [0.4, 0.5) is 4.39 Å². The highest BCUT2D eigenvalue weighted by Crippen LogP contribution is 2.23. The summed E-state index contributed by atoms with van der Waals surface area (Å²) in [5.41, 5.74) is 3.75. The van der Waals surface area contributed by atoms with Gasteiger partial charge in [0.2, 0.25) is 5.91 Å². The van der Waals surface area contributed by atoms with Crippen molar-refractivity contribution in [3.8, 4) is 0 Å². The fraction of sp³-hybridized carbons (Fsp3) is 0.435. The number of fused-ring (bicyclic) bond motifs is 2. The number of benzene rings is 1. The van der Waals surface area contributed by atoms with E-state index in [1.807, 2.05) is 23.1 Å². The Balaban J connectivity index is 1.41. The molecule has 0 radical (unpaired) electrons. The Morgan fingerprint density at radius 3 is 3.00 bits per heavy atom. The third-order valence-electron chi connectivity index (χ3n) is 5.69. The highest BCUT2D eigenvalue weighted by Gasteiger charge is 2.22. The second-order valence-electron chi connectivity index (χ2n) is 7.88. The Hall–Kier alpha value is -2.80. The van der Waals surface area contributed by atoms with Gasteiger partial charge in [-0.3, -0.25) is 4.79 Å². The zero-order valence-electron chi connectivity index (χ0n) is 17.5. The number of carbonyl (C=O) groups is 1. The van der Waals surface area contributed by atoms with Gasteiger partial charge in [-0.2, -0.15) is 0 Å². The second-order valence-corrected chi connectivity index (χ2v) is 7.88. The minimum atomic E-state index is -0.249. The molecule has 0 aliphatic carbocycles. The minimum absolute atomic E-state index is 0.106. The summed E-state index contributed by atoms with van der Waals surface area (Å²) < 4.78 is 21.0. The van der Waals surface area contributed by atoms with Gasteiger partial charge in [-0.15, -0.1) is 0 Å². The second kappa shape index (κ2) is 8.92. The quantitative estimate of drug-likeness (QED) is 0.596. The van der Waals surface area contributed by atoms with Crippen LogP contribution >= 0.6 is 0 Å². The van der Waals surface area contributed by atoms with Gasteiger partial charge >= 0.3 is 0 Å². The molecule has 6 nitrogen and oxygen atoms in total. The summed E-state index contributed by atoms with van der Waals surface area (Å²) in [4.78, 5) is 23.8. The van der Waals surface area contributed by atoms with Crippen molar-refractivity contribution in [2.24, 2.45) is 0 Å². The topological polar surface area (TPSA) is 60.2 Å². The lowest BCUT2D eigenvalue weighted by Gasteiger charge is -2.29. The average molecular weight is 410 g/mol. The van der Waals surface area contributed by atoms with Crippen LogP contribution in [0.1, 0.15) is 42.8 Å². The van der Waals surface area contributed by atoms with Crippen LogP contribution in [0.2, 0.25) is 0 Å². The number of hydrogen-bond donors (Lipinski definition) is 0. The molecule has 0 unspecified atom stereocenters. The van der Waals surface area contributed by atoms with Gasteiger partial charge in [0.05, 0.1) is 12.6 Å². The normalized spacial score (nSPS) is 14.7. The number of halogens is 1. The predicted molar refractivity (Wildman–Crippen MR) is 113 cm³/mol. The van der Waals surface area contributed by atoms with Gasteiger partial charge in [0, 0.05) is 39.2 Å². The summed E-state index contributed by atoms with van der Waals surface area (Å²) in [6.45, 7) is 3.82. The first-order chi connectivity index (χ1) is 14.6. The average Bonchev–Trinajstić information content (AvgIpc) is 3.11. The van der Waals surface area contributed by atoms with Gasteiger partial charge in [-0.05, 0) is 55.2 Å². The molecule has 0 N–H and O–H groups in total. The first-order valence-corrected chi connectivity index (χ1v) is 10.4. The van der Waals surface area contributed by atoms with Crippen LogP contribution in [-0.2, 0) is 28.9 Å². The van der Waals surface area contributed by atoms with Crippen molar-refractivity contribution in [3.63, 3.8) is 0 Å². The molecule has 3 aromatic rings. The number of nitrogens with zero attached hydrogens (tertiary/aromatic N) is 4. The van der Waals surface area contributed by atoms with Gasteiger partial charge in [0.1, 0.15) is 17.2 Å². The monoisotopic (exact) mass is 410 g/mol. The lowest BCUT2D eigenvalue weighted by molar-refractivity contribution is -0.132. The maximum absolute atomic E-state index is 13.5. The van der Waals surface area contributed by atoms with Gasteiger partial charge in [0.25, 0.3) is 0 Å². The van der Waals surface area contributed by atoms with Gasteiger partial charge in [-0.1, -0.05) is 6.07 Å². The molecule has 30 heavy (non-hydrogen) atoms. The highest BCUT2D eigenvalue weighted by atomic mass is 19.1. The Kier molecular flexibility index (Phi) is 6.08. The van der Waals surface area contributed by atoms with E-state index in [9.17, 15) is 9.18 Å². The van der Waals surface area contributed by atoms with E-state index < -0.39 is 0 Å². The maximum Gasteiger partial charge on any atom is 0.222 e. The maximum atomic E-state index is 13.5. The number of hydrogen-bond acceptors (Lipinski definition) is 4. The molecule has 0 spiro atoms. The van der Waals surface area contributed by atoms with E-state index >= 15 is 0 Å².